The minimum atomic E-state index is 0. The van der Waals surface area contributed by atoms with Gasteiger partial charge in [0.1, 0.15) is 36.3 Å². The fraction of sp³-hybridized carbons (Fsp3) is 0.0741. The largest absolute Gasteiger partial charge is 0.502 e. The van der Waals surface area contributed by atoms with Gasteiger partial charge in [0.2, 0.25) is 0 Å². The second kappa shape index (κ2) is 26.2. The van der Waals surface area contributed by atoms with Crippen molar-refractivity contribution in [2.24, 2.45) is 9.98 Å². The van der Waals surface area contributed by atoms with Gasteiger partial charge in [-0.25, -0.2) is 9.97 Å². The Bertz CT molecular complexity index is 2600. The van der Waals surface area contributed by atoms with Gasteiger partial charge < -0.3 is 49.7 Å². The second-order valence-electron chi connectivity index (χ2n) is 14.4. The van der Waals surface area contributed by atoms with E-state index < -0.39 is 0 Å². The summed E-state index contributed by atoms with van der Waals surface area (Å²) in [7, 11) is 4.03. The Morgan fingerprint density at radius 2 is 0.897 bits per heavy atom. The first-order valence-corrected chi connectivity index (χ1v) is 21.2. The Morgan fingerprint density at radius 3 is 1.31 bits per heavy atom. The molecular formula is C54H46N10O2Pt2-6. The fourth-order valence-corrected chi connectivity index (χ4v) is 6.72. The van der Waals surface area contributed by atoms with E-state index in [1.165, 1.54) is 12.7 Å². The molecule has 0 fully saturated rings. The zero-order valence-corrected chi connectivity index (χ0v) is 41.7. The van der Waals surface area contributed by atoms with E-state index >= 15 is 0 Å². The maximum atomic E-state index is 5.90. The first-order valence-electron chi connectivity index (χ1n) is 21.2. The molecular weight excluding hydrogens is 1210 g/mol. The van der Waals surface area contributed by atoms with Crippen LogP contribution >= 0.6 is 0 Å². The van der Waals surface area contributed by atoms with Crippen LogP contribution in [0.2, 0.25) is 0 Å². The number of fused-ring (bicyclic) bond motifs is 2. The molecule has 0 bridgehead atoms. The van der Waals surface area contributed by atoms with E-state index in [1.807, 2.05) is 219 Å². The Labute approximate surface area is 427 Å². The minimum absolute atomic E-state index is 0. The zero-order valence-electron chi connectivity index (χ0n) is 37.1. The van der Waals surface area contributed by atoms with E-state index in [9.17, 15) is 0 Å². The fourth-order valence-electron chi connectivity index (χ4n) is 6.72. The number of ether oxygens (including phenoxy) is 2. The molecule has 6 aromatic carbocycles. The summed E-state index contributed by atoms with van der Waals surface area (Å²) in [6, 6.07) is 64.7. The Balaban J connectivity index is 0.000000186. The predicted molar refractivity (Wildman–Crippen MR) is 268 cm³/mol. The summed E-state index contributed by atoms with van der Waals surface area (Å²) in [4.78, 5) is 25.8. The Morgan fingerprint density at radius 1 is 0.500 bits per heavy atom. The normalized spacial score (nSPS) is 12.1. The molecule has 0 aliphatic carbocycles. The number of nitrogens with zero attached hydrogens (tertiary/aromatic N) is 10. The molecule has 8 aromatic rings. The summed E-state index contributed by atoms with van der Waals surface area (Å²) in [5, 5.41) is 8.68. The van der Waals surface area contributed by atoms with Crippen LogP contribution in [-0.2, 0) is 42.1 Å². The van der Waals surface area contributed by atoms with Crippen LogP contribution in [-0.4, -0.2) is 50.0 Å². The Kier molecular flexibility index (Phi) is 19.3. The number of rotatable bonds is 13. The van der Waals surface area contributed by atoms with Gasteiger partial charge in [-0.2, -0.15) is 74.0 Å². The maximum absolute atomic E-state index is 5.90. The van der Waals surface area contributed by atoms with E-state index in [-0.39, 0.29) is 42.1 Å². The number of hydrogen-bond acceptors (Lipinski definition) is 10. The number of benzene rings is 6. The molecule has 2 aliphatic rings. The standard InChI is InChI=1S/C28H24N4O2.2C13H11N3.2Pt/c1-3-11-23(12-4-1)29-21-31-25-15-7-9-17-27(25)33-19-20-34-28-18-10-8-16-26(28)32-22-30-24-13-5-2-6-14-24;2*1-15-10-16(11-6-3-2-4-7-11)13-12(15)8-5-9-14-13;;/h1-18,21-22H,19-20H2;2*2-6,8-10H,1H3;;/q3*-2;;. The topological polar surface area (TPSA) is 110 Å². The quantitative estimate of drug-likeness (QED) is 0.0486. The number of aromatic nitrogens is 2. The van der Waals surface area contributed by atoms with Gasteiger partial charge in [0.25, 0.3) is 0 Å². The van der Waals surface area contributed by atoms with Gasteiger partial charge in [0, 0.05) is 77.3 Å². The van der Waals surface area contributed by atoms with Crippen LogP contribution in [0.4, 0.5) is 57.1 Å². The molecule has 12 nitrogen and oxygen atoms in total. The van der Waals surface area contributed by atoms with E-state index in [1.54, 1.807) is 0 Å². The van der Waals surface area contributed by atoms with Crippen LogP contribution in [0.15, 0.2) is 204 Å². The number of hydrogen-bond donors (Lipinski definition) is 0. The summed E-state index contributed by atoms with van der Waals surface area (Å²) in [6.07, 6.45) is 6.68. The smallest absolute Gasteiger partial charge is 0.124 e. The van der Waals surface area contributed by atoms with E-state index in [4.69, 9.17) is 9.47 Å². The molecule has 2 aromatic heterocycles. The van der Waals surface area contributed by atoms with Crippen molar-refractivity contribution < 1.29 is 51.6 Å². The summed E-state index contributed by atoms with van der Waals surface area (Å²) in [6.45, 7) is 4.75. The molecule has 0 saturated heterocycles. The van der Waals surface area contributed by atoms with Crippen molar-refractivity contribution in [3.63, 3.8) is 0 Å². The van der Waals surface area contributed by atoms with Crippen LogP contribution in [0.1, 0.15) is 0 Å². The van der Waals surface area contributed by atoms with Crippen molar-refractivity contribution in [2.45, 2.75) is 0 Å². The number of aliphatic imine (C=N–C) groups is 2. The summed E-state index contributed by atoms with van der Waals surface area (Å²) in [5.74, 6) is 3.23. The third-order valence-electron chi connectivity index (χ3n) is 9.88. The molecule has 14 heteroatoms. The first-order chi connectivity index (χ1) is 32.6. The number of anilines is 6. The summed E-state index contributed by atoms with van der Waals surface area (Å²) in [5.41, 5.74) is 7.33. The Hall–Kier alpha value is -7.26. The minimum Gasteiger partial charge on any atom is -0.502 e. The van der Waals surface area contributed by atoms with Crippen molar-refractivity contribution in [3.05, 3.63) is 230 Å². The molecule has 0 spiro atoms. The average Bonchev–Trinajstić information content (AvgIpc) is 3.91. The molecule has 0 saturated carbocycles. The summed E-state index contributed by atoms with van der Waals surface area (Å²) < 4.78 is 11.8. The maximum Gasteiger partial charge on any atom is 0.124 e. The zero-order chi connectivity index (χ0) is 45.2. The van der Waals surface area contributed by atoms with Gasteiger partial charge in [-0.3, -0.25) is 0 Å². The molecule has 0 radical (unpaired) electrons. The second-order valence-corrected chi connectivity index (χ2v) is 14.4. The molecule has 4 heterocycles. The SMILES string of the molecule is C(=Nc1ccccc1OCCOc1ccccc1N=C[N-]c1ccccc1)[N-]c1ccccc1.CN1[CH-]N(c2[c-]cccc2)c2ncccc21.CN1[CH-]N(c2[c-]cccc2)c2ncccc21.[Pt].[Pt]. The van der Waals surface area contributed by atoms with Gasteiger partial charge in [-0.15, -0.1) is 11.4 Å². The molecule has 68 heavy (non-hydrogen) atoms. The molecule has 350 valence electrons. The molecule has 10 rings (SSSR count). The van der Waals surface area contributed by atoms with E-state index in [2.05, 4.69) is 64.7 Å². The monoisotopic (exact) mass is 1260 g/mol. The number of pyridine rings is 2. The van der Waals surface area contributed by atoms with Crippen LogP contribution < -0.4 is 29.1 Å². The van der Waals surface area contributed by atoms with Gasteiger partial charge in [-0.1, -0.05) is 110 Å². The average molecular weight is 1260 g/mol. The van der Waals surface area contributed by atoms with Crippen molar-refractivity contribution in [3.8, 4) is 11.5 Å². The first kappa shape index (κ1) is 50.2. The molecule has 0 unspecified atom stereocenters. The van der Waals surface area contributed by atoms with Crippen LogP contribution in [0.3, 0.4) is 0 Å². The van der Waals surface area contributed by atoms with Gasteiger partial charge in [-0.05, 0) is 61.9 Å². The van der Waals surface area contributed by atoms with Crippen molar-refractivity contribution in [1.82, 2.24) is 9.97 Å². The van der Waals surface area contributed by atoms with Crippen LogP contribution in [0.5, 0.6) is 11.5 Å². The summed E-state index contributed by atoms with van der Waals surface area (Å²) >= 11 is 0. The van der Waals surface area contributed by atoms with E-state index in [0.29, 0.717) is 36.1 Å². The van der Waals surface area contributed by atoms with E-state index in [0.717, 1.165) is 45.8 Å². The predicted octanol–water partition coefficient (Wildman–Crippen LogP) is 13.0. The van der Waals surface area contributed by atoms with Gasteiger partial charge in [0.05, 0.1) is 0 Å². The van der Waals surface area contributed by atoms with Crippen LogP contribution in [0.25, 0.3) is 10.6 Å². The third kappa shape index (κ3) is 13.7. The van der Waals surface area contributed by atoms with Crippen LogP contribution in [0, 0.1) is 25.5 Å². The van der Waals surface area contributed by atoms with Crippen molar-refractivity contribution >= 4 is 69.8 Å². The molecule has 0 amide bonds. The number of para-hydroxylation sites is 8. The van der Waals surface area contributed by atoms with Crippen molar-refractivity contribution in [1.29, 1.82) is 0 Å². The third-order valence-corrected chi connectivity index (χ3v) is 9.88. The molecule has 2 aliphatic heterocycles. The molecule has 0 atom stereocenters. The molecule has 0 N–H and O–H groups in total. The van der Waals surface area contributed by atoms with Crippen molar-refractivity contribution in [2.75, 3.05) is 46.9 Å². The van der Waals surface area contributed by atoms with Gasteiger partial charge >= 0.3 is 0 Å². The van der Waals surface area contributed by atoms with Gasteiger partial charge in [0.15, 0.2) is 0 Å².